The average Bonchev–Trinajstić information content (AvgIpc) is 3.22. The van der Waals surface area contributed by atoms with E-state index in [1.54, 1.807) is 18.7 Å². The molecule has 0 saturated heterocycles. The maximum Gasteiger partial charge on any atom is 0.340 e. The van der Waals surface area contributed by atoms with Gasteiger partial charge in [0.1, 0.15) is 11.9 Å². The van der Waals surface area contributed by atoms with Crippen LogP contribution in [0.1, 0.15) is 29.4 Å². The van der Waals surface area contributed by atoms with E-state index in [1.807, 2.05) is 4.57 Å². The van der Waals surface area contributed by atoms with Gasteiger partial charge < -0.3 is 19.4 Å². The maximum atomic E-state index is 14.0. The van der Waals surface area contributed by atoms with Gasteiger partial charge in [-0.1, -0.05) is 0 Å². The first-order valence-electron chi connectivity index (χ1n) is 8.10. The van der Waals surface area contributed by atoms with Crippen LogP contribution >= 0.6 is 0 Å². The standard InChI is InChI=1S/C17H18FN5O4/c1-26-14-7-10(17(25)27-2)13(8-11(14)18)20-16(24)12-3-4-15(22-21-12)23-6-5-19-9-23/h5-9,15,22H,3-4H2,1-2H3,(H,20,24). The van der Waals surface area contributed by atoms with E-state index < -0.39 is 17.7 Å². The molecule has 1 aliphatic heterocycles. The fourth-order valence-electron chi connectivity index (χ4n) is 2.67. The molecule has 0 aliphatic carbocycles. The molecule has 0 fully saturated rings. The lowest BCUT2D eigenvalue weighted by atomic mass is 10.1. The highest BCUT2D eigenvalue weighted by molar-refractivity contribution is 6.43. The Bertz CT molecular complexity index is 882. The second-order valence-electron chi connectivity index (χ2n) is 5.73. The van der Waals surface area contributed by atoms with Crippen molar-refractivity contribution in [2.24, 2.45) is 5.10 Å². The molecule has 1 aromatic carbocycles. The van der Waals surface area contributed by atoms with Gasteiger partial charge in [-0.2, -0.15) is 5.10 Å². The summed E-state index contributed by atoms with van der Waals surface area (Å²) in [4.78, 5) is 28.4. The number of nitrogens with one attached hydrogen (secondary N) is 2. The lowest BCUT2D eigenvalue weighted by molar-refractivity contribution is -0.110. The molecule has 3 rings (SSSR count). The van der Waals surface area contributed by atoms with Crippen molar-refractivity contribution in [2.45, 2.75) is 19.0 Å². The lowest BCUT2D eigenvalue weighted by Crippen LogP contribution is -2.34. The fraction of sp³-hybridized carbons (Fsp3) is 0.294. The summed E-state index contributed by atoms with van der Waals surface area (Å²) in [6, 6.07) is 2.18. The molecular formula is C17H18FN5O4. The molecule has 2 heterocycles. The highest BCUT2D eigenvalue weighted by atomic mass is 19.1. The molecule has 0 radical (unpaired) electrons. The minimum absolute atomic E-state index is 0.0234. The third kappa shape index (κ3) is 3.89. The molecule has 1 amide bonds. The highest BCUT2D eigenvalue weighted by Crippen LogP contribution is 2.27. The molecule has 27 heavy (non-hydrogen) atoms. The number of hydrogen-bond donors (Lipinski definition) is 2. The van der Waals surface area contributed by atoms with Crippen LogP contribution in [0.5, 0.6) is 5.75 Å². The first-order valence-corrected chi connectivity index (χ1v) is 8.10. The Hall–Kier alpha value is -3.43. The minimum Gasteiger partial charge on any atom is -0.494 e. The molecule has 10 heteroatoms. The minimum atomic E-state index is -0.729. The number of aromatic nitrogens is 2. The summed E-state index contributed by atoms with van der Waals surface area (Å²) in [6.07, 6.45) is 6.01. The number of imidazole rings is 1. The van der Waals surface area contributed by atoms with Crippen LogP contribution in [-0.4, -0.2) is 41.4 Å². The van der Waals surface area contributed by atoms with Crippen LogP contribution in [0.3, 0.4) is 0 Å². The molecule has 142 valence electrons. The summed E-state index contributed by atoms with van der Waals surface area (Å²) in [5.41, 5.74) is 3.07. The van der Waals surface area contributed by atoms with Crippen LogP contribution in [0.4, 0.5) is 10.1 Å². The molecule has 0 spiro atoms. The van der Waals surface area contributed by atoms with Crippen molar-refractivity contribution in [3.63, 3.8) is 0 Å². The summed E-state index contributed by atoms with van der Waals surface area (Å²) in [5, 5.41) is 6.60. The zero-order valence-electron chi connectivity index (χ0n) is 14.7. The molecule has 2 N–H and O–H groups in total. The number of esters is 1. The topological polar surface area (TPSA) is 107 Å². The van der Waals surface area contributed by atoms with Crippen LogP contribution in [0.2, 0.25) is 0 Å². The van der Waals surface area contributed by atoms with Gasteiger partial charge in [0.2, 0.25) is 0 Å². The summed E-state index contributed by atoms with van der Waals surface area (Å²) in [7, 11) is 2.46. The van der Waals surface area contributed by atoms with E-state index in [0.717, 1.165) is 6.07 Å². The molecule has 0 saturated carbocycles. The Labute approximate surface area is 154 Å². The van der Waals surface area contributed by atoms with Crippen molar-refractivity contribution in [3.8, 4) is 5.75 Å². The van der Waals surface area contributed by atoms with Gasteiger partial charge >= 0.3 is 5.97 Å². The van der Waals surface area contributed by atoms with Gasteiger partial charge in [0.05, 0.1) is 31.8 Å². The number of hydrogen-bond acceptors (Lipinski definition) is 7. The Morgan fingerprint density at radius 2 is 2.19 bits per heavy atom. The summed E-state index contributed by atoms with van der Waals surface area (Å²) >= 11 is 0. The monoisotopic (exact) mass is 375 g/mol. The van der Waals surface area contributed by atoms with E-state index in [0.29, 0.717) is 12.8 Å². The number of amides is 1. The smallest absolute Gasteiger partial charge is 0.340 e. The maximum absolute atomic E-state index is 14.0. The second-order valence-corrected chi connectivity index (χ2v) is 5.73. The highest BCUT2D eigenvalue weighted by Gasteiger charge is 2.24. The summed E-state index contributed by atoms with van der Waals surface area (Å²) < 4.78 is 25.4. The predicted octanol–water partition coefficient (Wildman–Crippen LogP) is 1.69. The number of halogens is 1. The van der Waals surface area contributed by atoms with Gasteiger partial charge in [-0.15, -0.1) is 0 Å². The summed E-state index contributed by atoms with van der Waals surface area (Å²) in [6.45, 7) is 0. The van der Waals surface area contributed by atoms with Crippen LogP contribution in [-0.2, 0) is 9.53 Å². The number of hydrazone groups is 1. The molecule has 9 nitrogen and oxygen atoms in total. The fourth-order valence-corrected chi connectivity index (χ4v) is 2.67. The third-order valence-electron chi connectivity index (χ3n) is 4.10. The van der Waals surface area contributed by atoms with Crippen molar-refractivity contribution >= 4 is 23.3 Å². The number of carbonyl (C=O) groups excluding carboxylic acids is 2. The number of carbonyl (C=O) groups is 2. The van der Waals surface area contributed by atoms with E-state index in [2.05, 4.69) is 25.6 Å². The molecule has 0 bridgehead atoms. The number of methoxy groups -OCH3 is 2. The van der Waals surface area contributed by atoms with Crippen molar-refractivity contribution < 1.29 is 23.5 Å². The number of ether oxygens (including phenoxy) is 2. The first kappa shape index (κ1) is 18.4. The molecule has 1 aromatic heterocycles. The van der Waals surface area contributed by atoms with E-state index in [9.17, 15) is 14.0 Å². The van der Waals surface area contributed by atoms with Gasteiger partial charge in [-0.3, -0.25) is 10.2 Å². The zero-order valence-corrected chi connectivity index (χ0v) is 14.7. The van der Waals surface area contributed by atoms with Crippen LogP contribution < -0.4 is 15.5 Å². The Kier molecular flexibility index (Phi) is 5.34. The van der Waals surface area contributed by atoms with E-state index in [4.69, 9.17) is 4.74 Å². The number of benzene rings is 1. The van der Waals surface area contributed by atoms with Crippen LogP contribution in [0, 0.1) is 5.82 Å². The van der Waals surface area contributed by atoms with E-state index in [1.165, 1.54) is 20.3 Å². The van der Waals surface area contributed by atoms with Crippen molar-refractivity contribution in [1.29, 1.82) is 0 Å². The van der Waals surface area contributed by atoms with Crippen molar-refractivity contribution in [2.75, 3.05) is 19.5 Å². The summed E-state index contributed by atoms with van der Waals surface area (Å²) in [5.74, 6) is -2.12. The second kappa shape index (κ2) is 7.85. The molecule has 1 aliphatic rings. The largest absolute Gasteiger partial charge is 0.494 e. The average molecular weight is 375 g/mol. The van der Waals surface area contributed by atoms with Crippen LogP contribution in [0.15, 0.2) is 36.0 Å². The molecule has 1 atom stereocenters. The first-order chi connectivity index (χ1) is 13.0. The Morgan fingerprint density at radius 1 is 1.37 bits per heavy atom. The van der Waals surface area contributed by atoms with Gasteiger partial charge in [0, 0.05) is 24.9 Å². The van der Waals surface area contributed by atoms with E-state index in [-0.39, 0.29) is 28.9 Å². The normalized spacial score (nSPS) is 16.1. The molecular weight excluding hydrogens is 357 g/mol. The quantitative estimate of drug-likeness (QED) is 0.771. The number of nitrogens with zero attached hydrogens (tertiary/aromatic N) is 3. The van der Waals surface area contributed by atoms with Crippen molar-refractivity contribution in [1.82, 2.24) is 15.0 Å². The van der Waals surface area contributed by atoms with Gasteiger partial charge in [0.15, 0.2) is 11.6 Å². The predicted molar refractivity (Wildman–Crippen MR) is 94.0 cm³/mol. The Balaban J connectivity index is 1.78. The van der Waals surface area contributed by atoms with Gasteiger partial charge in [-0.05, 0) is 12.5 Å². The molecule has 1 unspecified atom stereocenters. The van der Waals surface area contributed by atoms with Crippen molar-refractivity contribution in [3.05, 3.63) is 42.2 Å². The van der Waals surface area contributed by atoms with Gasteiger partial charge in [0.25, 0.3) is 5.91 Å². The zero-order chi connectivity index (χ0) is 19.4. The number of anilines is 1. The van der Waals surface area contributed by atoms with Gasteiger partial charge in [-0.25, -0.2) is 14.2 Å². The van der Waals surface area contributed by atoms with E-state index >= 15 is 0 Å². The molecule has 2 aromatic rings. The van der Waals surface area contributed by atoms with Crippen LogP contribution in [0.25, 0.3) is 0 Å². The Morgan fingerprint density at radius 3 is 2.78 bits per heavy atom. The number of rotatable bonds is 5. The third-order valence-corrected chi connectivity index (χ3v) is 4.10. The SMILES string of the molecule is COC(=O)c1cc(OC)c(F)cc1NC(=O)C1=NNC(n2ccnc2)CC1. The lowest BCUT2D eigenvalue weighted by Gasteiger charge is -2.23.